The minimum absolute atomic E-state index is 0.00678. The number of nitrogens with one attached hydrogen (secondary N) is 3. The Labute approximate surface area is 105 Å². The summed E-state index contributed by atoms with van der Waals surface area (Å²) in [5.41, 5.74) is 0. The molecule has 1 aliphatic heterocycles. The lowest BCUT2D eigenvalue weighted by Crippen LogP contribution is -2.50. The van der Waals surface area contributed by atoms with Gasteiger partial charge in [0.25, 0.3) is 0 Å². The van der Waals surface area contributed by atoms with Gasteiger partial charge in [-0.05, 0) is 13.0 Å². The van der Waals surface area contributed by atoms with Crippen LogP contribution in [0.2, 0.25) is 0 Å². The van der Waals surface area contributed by atoms with Gasteiger partial charge in [0.05, 0.1) is 6.42 Å². The molecule has 0 radical (unpaired) electrons. The van der Waals surface area contributed by atoms with E-state index >= 15 is 0 Å². The average Bonchev–Trinajstić information content (AvgIpc) is 2.80. The van der Waals surface area contributed by atoms with Crippen LogP contribution in [0.15, 0.2) is 0 Å². The van der Waals surface area contributed by atoms with E-state index in [0.717, 1.165) is 13.0 Å². The first-order chi connectivity index (χ1) is 8.52. The molecule has 2 unspecified atom stereocenters. The van der Waals surface area contributed by atoms with Gasteiger partial charge in [0, 0.05) is 19.0 Å². The lowest BCUT2D eigenvalue weighted by Gasteiger charge is -2.19. The SMILES string of the molecule is CCC(=O)NC(CC(=O)O)C(=O)NC1CCNC1. The fraction of sp³-hybridized carbons (Fsp3) is 0.727. The van der Waals surface area contributed by atoms with Gasteiger partial charge >= 0.3 is 5.97 Å². The summed E-state index contributed by atoms with van der Waals surface area (Å²) in [6.07, 6.45) is 0.624. The van der Waals surface area contributed by atoms with Gasteiger partial charge in [0.15, 0.2) is 0 Å². The second kappa shape index (κ2) is 6.95. The smallest absolute Gasteiger partial charge is 0.305 e. The lowest BCUT2D eigenvalue weighted by molar-refractivity contribution is -0.140. The molecule has 7 heteroatoms. The van der Waals surface area contributed by atoms with Gasteiger partial charge in [-0.2, -0.15) is 0 Å². The summed E-state index contributed by atoms with van der Waals surface area (Å²) in [5.74, 6) is -1.88. The van der Waals surface area contributed by atoms with Crippen molar-refractivity contribution in [2.75, 3.05) is 13.1 Å². The molecule has 102 valence electrons. The van der Waals surface area contributed by atoms with Crippen molar-refractivity contribution < 1.29 is 19.5 Å². The van der Waals surface area contributed by atoms with Crippen LogP contribution in [0, 0.1) is 0 Å². The predicted molar refractivity (Wildman–Crippen MR) is 63.9 cm³/mol. The van der Waals surface area contributed by atoms with Crippen molar-refractivity contribution >= 4 is 17.8 Å². The Morgan fingerprint density at radius 2 is 2.17 bits per heavy atom. The Kier molecular flexibility index (Phi) is 5.57. The number of amides is 2. The summed E-state index contributed by atoms with van der Waals surface area (Å²) in [6.45, 7) is 3.15. The van der Waals surface area contributed by atoms with Crippen molar-refractivity contribution in [2.45, 2.75) is 38.3 Å². The number of aliphatic carboxylic acids is 1. The first kappa shape index (κ1) is 14.4. The molecule has 1 fully saturated rings. The number of hydrogen-bond acceptors (Lipinski definition) is 4. The highest BCUT2D eigenvalue weighted by molar-refractivity contribution is 5.90. The average molecular weight is 257 g/mol. The van der Waals surface area contributed by atoms with E-state index in [2.05, 4.69) is 16.0 Å². The molecule has 7 nitrogen and oxygen atoms in total. The second-order valence-corrected chi connectivity index (χ2v) is 4.27. The molecule has 0 aromatic heterocycles. The van der Waals surface area contributed by atoms with Crippen molar-refractivity contribution in [3.8, 4) is 0 Å². The molecule has 0 aromatic carbocycles. The van der Waals surface area contributed by atoms with E-state index in [4.69, 9.17) is 5.11 Å². The molecule has 4 N–H and O–H groups in total. The number of rotatable bonds is 6. The molecule has 18 heavy (non-hydrogen) atoms. The highest BCUT2D eigenvalue weighted by Gasteiger charge is 2.26. The van der Waals surface area contributed by atoms with Crippen LogP contribution in [-0.2, 0) is 14.4 Å². The van der Waals surface area contributed by atoms with Crippen LogP contribution in [0.5, 0.6) is 0 Å². The molecular weight excluding hydrogens is 238 g/mol. The fourth-order valence-electron chi connectivity index (χ4n) is 1.76. The third-order valence-electron chi connectivity index (χ3n) is 2.76. The fourth-order valence-corrected chi connectivity index (χ4v) is 1.76. The van der Waals surface area contributed by atoms with Gasteiger partial charge in [-0.3, -0.25) is 14.4 Å². The topological polar surface area (TPSA) is 108 Å². The molecule has 0 bridgehead atoms. The van der Waals surface area contributed by atoms with E-state index in [1.54, 1.807) is 6.92 Å². The van der Waals surface area contributed by atoms with Crippen molar-refractivity contribution in [1.29, 1.82) is 0 Å². The molecule has 2 atom stereocenters. The third kappa shape index (κ3) is 4.70. The Bertz CT molecular complexity index is 326. The highest BCUT2D eigenvalue weighted by Crippen LogP contribution is 2.00. The zero-order valence-corrected chi connectivity index (χ0v) is 10.4. The van der Waals surface area contributed by atoms with E-state index < -0.39 is 24.3 Å². The Morgan fingerprint density at radius 3 is 2.67 bits per heavy atom. The predicted octanol–water partition coefficient (Wildman–Crippen LogP) is -1.17. The Balaban J connectivity index is 2.53. The summed E-state index contributed by atoms with van der Waals surface area (Å²) in [4.78, 5) is 33.8. The van der Waals surface area contributed by atoms with Crippen molar-refractivity contribution in [3.63, 3.8) is 0 Å². The normalized spacial score (nSPS) is 20.2. The summed E-state index contributed by atoms with van der Waals surface area (Å²) in [5, 5.41) is 17.0. The van der Waals surface area contributed by atoms with Crippen LogP contribution in [0.25, 0.3) is 0 Å². The molecule has 0 aromatic rings. The molecule has 1 aliphatic rings. The maximum atomic E-state index is 11.9. The van der Waals surface area contributed by atoms with E-state index in [1.807, 2.05) is 0 Å². The molecular formula is C11H19N3O4. The lowest BCUT2D eigenvalue weighted by atomic mass is 10.1. The minimum Gasteiger partial charge on any atom is -0.481 e. The van der Waals surface area contributed by atoms with Gasteiger partial charge < -0.3 is 21.1 Å². The van der Waals surface area contributed by atoms with Crippen LogP contribution >= 0.6 is 0 Å². The van der Waals surface area contributed by atoms with Crippen LogP contribution in [0.3, 0.4) is 0 Å². The summed E-state index contributed by atoms with van der Waals surface area (Å²) >= 11 is 0. The van der Waals surface area contributed by atoms with Crippen LogP contribution in [0.1, 0.15) is 26.2 Å². The van der Waals surface area contributed by atoms with Crippen LogP contribution < -0.4 is 16.0 Å². The van der Waals surface area contributed by atoms with Gasteiger partial charge in [0.1, 0.15) is 6.04 Å². The van der Waals surface area contributed by atoms with Crippen molar-refractivity contribution in [3.05, 3.63) is 0 Å². The van der Waals surface area contributed by atoms with Crippen molar-refractivity contribution in [2.24, 2.45) is 0 Å². The minimum atomic E-state index is -1.11. The van der Waals surface area contributed by atoms with E-state index in [-0.39, 0.29) is 18.4 Å². The second-order valence-electron chi connectivity index (χ2n) is 4.27. The molecule has 0 aliphatic carbocycles. The van der Waals surface area contributed by atoms with Gasteiger partial charge in [-0.1, -0.05) is 6.92 Å². The van der Waals surface area contributed by atoms with E-state index in [9.17, 15) is 14.4 Å². The number of carbonyl (C=O) groups excluding carboxylic acids is 2. The molecule has 2 amide bonds. The van der Waals surface area contributed by atoms with Gasteiger partial charge in [-0.25, -0.2) is 0 Å². The van der Waals surface area contributed by atoms with Gasteiger partial charge in [-0.15, -0.1) is 0 Å². The maximum Gasteiger partial charge on any atom is 0.305 e. The van der Waals surface area contributed by atoms with E-state index in [1.165, 1.54) is 0 Å². The highest BCUT2D eigenvalue weighted by atomic mass is 16.4. The first-order valence-corrected chi connectivity index (χ1v) is 6.05. The number of carboxylic acid groups (broad SMARTS) is 1. The van der Waals surface area contributed by atoms with Crippen LogP contribution in [0.4, 0.5) is 0 Å². The maximum absolute atomic E-state index is 11.9. The quantitative estimate of drug-likeness (QED) is 0.480. The van der Waals surface area contributed by atoms with Crippen molar-refractivity contribution in [1.82, 2.24) is 16.0 Å². The van der Waals surface area contributed by atoms with Crippen LogP contribution in [-0.4, -0.2) is 48.1 Å². The summed E-state index contributed by atoms with van der Waals surface area (Å²) in [6, 6.07) is -0.997. The molecule has 0 saturated carbocycles. The molecule has 0 spiro atoms. The molecule has 1 rings (SSSR count). The first-order valence-electron chi connectivity index (χ1n) is 6.05. The van der Waals surface area contributed by atoms with E-state index in [0.29, 0.717) is 6.54 Å². The third-order valence-corrected chi connectivity index (χ3v) is 2.76. The number of hydrogen-bond donors (Lipinski definition) is 4. The number of carbonyl (C=O) groups is 3. The standard InChI is InChI=1S/C11H19N3O4/c1-2-9(15)14-8(5-10(16)17)11(18)13-7-3-4-12-6-7/h7-8,12H,2-6H2,1H3,(H,13,18)(H,14,15)(H,16,17). The Morgan fingerprint density at radius 1 is 1.44 bits per heavy atom. The Hall–Kier alpha value is -1.63. The van der Waals surface area contributed by atoms with Gasteiger partial charge in [0.2, 0.25) is 11.8 Å². The molecule has 1 heterocycles. The summed E-state index contributed by atoms with van der Waals surface area (Å²) < 4.78 is 0. The molecule has 1 saturated heterocycles. The number of carboxylic acids is 1. The zero-order valence-electron chi connectivity index (χ0n) is 10.4. The summed E-state index contributed by atoms with van der Waals surface area (Å²) in [7, 11) is 0. The monoisotopic (exact) mass is 257 g/mol. The zero-order chi connectivity index (χ0) is 13.5. The largest absolute Gasteiger partial charge is 0.481 e.